The number of para-hydroxylation sites is 1. The molecule has 0 radical (unpaired) electrons. The van der Waals surface area contributed by atoms with Crippen molar-refractivity contribution in [3.63, 3.8) is 0 Å². The van der Waals surface area contributed by atoms with Crippen molar-refractivity contribution in [1.82, 2.24) is 10.4 Å². The zero-order chi connectivity index (χ0) is 16.5. The van der Waals surface area contributed by atoms with E-state index in [0.717, 1.165) is 5.52 Å². The van der Waals surface area contributed by atoms with Gasteiger partial charge in [0.05, 0.1) is 5.52 Å². The summed E-state index contributed by atoms with van der Waals surface area (Å²) in [6.07, 6.45) is 10.00. The maximum Gasteiger partial charge on any atom is 0.283 e. The number of hydrogen-bond acceptors (Lipinski definition) is 3. The van der Waals surface area contributed by atoms with Crippen LogP contribution in [0.3, 0.4) is 0 Å². The third kappa shape index (κ3) is 2.69. The number of amides is 1. The summed E-state index contributed by atoms with van der Waals surface area (Å²) in [4.78, 5) is 16.9. The molecule has 0 bridgehead atoms. The number of aromatic nitrogens is 1. The highest BCUT2D eigenvalue weighted by Crippen LogP contribution is 2.41. The number of benzene rings is 1. The first-order valence-electron chi connectivity index (χ1n) is 9.22. The van der Waals surface area contributed by atoms with E-state index in [0.29, 0.717) is 17.5 Å². The molecule has 0 spiro atoms. The third-order valence-electron chi connectivity index (χ3n) is 5.86. The summed E-state index contributed by atoms with van der Waals surface area (Å²) in [5.41, 5.74) is 6.33. The van der Waals surface area contributed by atoms with Gasteiger partial charge in [0.2, 0.25) is 0 Å². The molecule has 4 rings (SSSR count). The smallest absolute Gasteiger partial charge is 0.283 e. The molecular formula is C20H25N3O. The molecule has 2 fully saturated rings. The van der Waals surface area contributed by atoms with Crippen molar-refractivity contribution in [3.05, 3.63) is 41.1 Å². The van der Waals surface area contributed by atoms with Gasteiger partial charge in [-0.2, -0.15) is 0 Å². The quantitative estimate of drug-likeness (QED) is 0.506. The number of carbonyl (C=O) groups excluding carboxylic acids is 1. The minimum absolute atomic E-state index is 0.294. The Morgan fingerprint density at radius 1 is 1.00 bits per heavy atom. The second-order valence-corrected chi connectivity index (χ2v) is 7.28. The predicted molar refractivity (Wildman–Crippen MR) is 95.8 cm³/mol. The lowest BCUT2D eigenvalue weighted by atomic mass is 9.89. The molecule has 24 heavy (non-hydrogen) atoms. The standard InChI is InChI=1S/C20H25N3O/c21-23-20(24)18-12-17(14-8-3-4-9-14)16-11-5-10-15(19(16)22-18)13-6-1-2-7-13/h5,10-14H,1-4,6-9,21H2,(H,23,24). The van der Waals surface area contributed by atoms with E-state index in [1.54, 1.807) is 0 Å². The fourth-order valence-electron chi connectivity index (χ4n) is 4.63. The molecule has 0 unspecified atom stereocenters. The van der Waals surface area contributed by atoms with Gasteiger partial charge in [-0.05, 0) is 54.7 Å². The van der Waals surface area contributed by atoms with E-state index >= 15 is 0 Å². The van der Waals surface area contributed by atoms with Crippen LogP contribution in [0.1, 0.15) is 84.8 Å². The number of hydrazine groups is 1. The number of nitrogens with one attached hydrogen (secondary N) is 1. The van der Waals surface area contributed by atoms with Crippen LogP contribution >= 0.6 is 0 Å². The SMILES string of the molecule is NNC(=O)c1cc(C2CCCC2)c2cccc(C3CCCC3)c2n1. The van der Waals surface area contributed by atoms with Crippen LogP contribution in [0.15, 0.2) is 24.3 Å². The van der Waals surface area contributed by atoms with Crippen molar-refractivity contribution in [1.29, 1.82) is 0 Å². The lowest BCUT2D eigenvalue weighted by molar-refractivity contribution is 0.0949. The lowest BCUT2D eigenvalue weighted by Crippen LogP contribution is -2.31. The Morgan fingerprint density at radius 2 is 1.62 bits per heavy atom. The Bertz CT molecular complexity index is 759. The van der Waals surface area contributed by atoms with Crippen LogP contribution in [-0.2, 0) is 0 Å². The van der Waals surface area contributed by atoms with Crippen molar-refractivity contribution in [2.24, 2.45) is 5.84 Å². The predicted octanol–water partition coefficient (Wildman–Crippen LogP) is 4.15. The zero-order valence-electron chi connectivity index (χ0n) is 14.1. The van der Waals surface area contributed by atoms with Gasteiger partial charge in [0, 0.05) is 5.39 Å². The van der Waals surface area contributed by atoms with Crippen molar-refractivity contribution >= 4 is 16.8 Å². The van der Waals surface area contributed by atoms with Gasteiger partial charge >= 0.3 is 0 Å². The van der Waals surface area contributed by atoms with Gasteiger partial charge < -0.3 is 0 Å². The summed E-state index contributed by atoms with van der Waals surface area (Å²) in [5.74, 6) is 6.20. The van der Waals surface area contributed by atoms with Crippen LogP contribution in [0, 0.1) is 0 Å². The number of fused-ring (bicyclic) bond motifs is 1. The molecule has 0 atom stereocenters. The van der Waals surface area contributed by atoms with Gasteiger partial charge in [-0.15, -0.1) is 0 Å². The molecule has 4 heteroatoms. The summed E-state index contributed by atoms with van der Waals surface area (Å²) in [7, 11) is 0. The van der Waals surface area contributed by atoms with Crippen molar-refractivity contribution < 1.29 is 4.79 Å². The Hall–Kier alpha value is -1.94. The topological polar surface area (TPSA) is 68.0 Å². The van der Waals surface area contributed by atoms with Crippen LogP contribution in [0.4, 0.5) is 0 Å². The van der Waals surface area contributed by atoms with Crippen molar-refractivity contribution in [2.45, 2.75) is 63.2 Å². The number of nitrogens with zero attached hydrogens (tertiary/aromatic N) is 1. The highest BCUT2D eigenvalue weighted by molar-refractivity contribution is 5.96. The molecule has 3 N–H and O–H groups in total. The zero-order valence-corrected chi connectivity index (χ0v) is 14.1. The Labute approximate surface area is 142 Å². The van der Waals surface area contributed by atoms with E-state index in [1.807, 2.05) is 6.07 Å². The summed E-state index contributed by atoms with van der Waals surface area (Å²) in [6, 6.07) is 8.52. The fraction of sp³-hybridized carbons (Fsp3) is 0.500. The fourth-order valence-corrected chi connectivity index (χ4v) is 4.63. The molecule has 126 valence electrons. The number of carbonyl (C=O) groups is 1. The molecule has 1 amide bonds. The van der Waals surface area contributed by atoms with Gasteiger partial charge in [0.25, 0.3) is 5.91 Å². The van der Waals surface area contributed by atoms with Crippen LogP contribution in [0.2, 0.25) is 0 Å². The van der Waals surface area contributed by atoms with E-state index in [9.17, 15) is 4.79 Å². The highest BCUT2D eigenvalue weighted by atomic mass is 16.2. The van der Waals surface area contributed by atoms with E-state index in [4.69, 9.17) is 10.8 Å². The van der Waals surface area contributed by atoms with E-state index in [1.165, 1.54) is 67.9 Å². The Balaban J connectivity index is 1.92. The molecule has 4 nitrogen and oxygen atoms in total. The van der Waals surface area contributed by atoms with Gasteiger partial charge in [-0.3, -0.25) is 10.2 Å². The average molecular weight is 323 g/mol. The monoisotopic (exact) mass is 323 g/mol. The highest BCUT2D eigenvalue weighted by Gasteiger charge is 2.25. The molecule has 1 aromatic heterocycles. The first kappa shape index (κ1) is 15.6. The normalized spacial score (nSPS) is 19.2. The lowest BCUT2D eigenvalue weighted by Gasteiger charge is -2.18. The van der Waals surface area contributed by atoms with Crippen molar-refractivity contribution in [2.75, 3.05) is 0 Å². The van der Waals surface area contributed by atoms with E-state index < -0.39 is 0 Å². The minimum Gasteiger partial charge on any atom is -0.289 e. The van der Waals surface area contributed by atoms with Gasteiger partial charge in [-0.25, -0.2) is 10.8 Å². The number of nitrogen functional groups attached to an aromatic ring is 1. The largest absolute Gasteiger partial charge is 0.289 e. The summed E-state index contributed by atoms with van der Waals surface area (Å²) >= 11 is 0. The van der Waals surface area contributed by atoms with Gasteiger partial charge in [0.15, 0.2) is 0 Å². The van der Waals surface area contributed by atoms with Crippen LogP contribution < -0.4 is 11.3 Å². The molecule has 2 aliphatic carbocycles. The van der Waals surface area contributed by atoms with Gasteiger partial charge in [-0.1, -0.05) is 43.9 Å². The molecule has 2 saturated carbocycles. The Morgan fingerprint density at radius 3 is 2.25 bits per heavy atom. The first-order chi connectivity index (χ1) is 11.8. The van der Waals surface area contributed by atoms with Gasteiger partial charge in [0.1, 0.15) is 5.69 Å². The molecule has 2 aromatic rings. The summed E-state index contributed by atoms with van der Waals surface area (Å²) in [5, 5.41) is 1.24. The third-order valence-corrected chi connectivity index (χ3v) is 5.86. The maximum absolute atomic E-state index is 12.2. The minimum atomic E-state index is -0.294. The van der Waals surface area contributed by atoms with E-state index in [2.05, 4.69) is 23.6 Å². The molecular weight excluding hydrogens is 298 g/mol. The van der Waals surface area contributed by atoms with Crippen molar-refractivity contribution in [3.8, 4) is 0 Å². The van der Waals surface area contributed by atoms with E-state index in [-0.39, 0.29) is 5.91 Å². The summed E-state index contributed by atoms with van der Waals surface area (Å²) in [6.45, 7) is 0. The second kappa shape index (κ2) is 6.52. The molecule has 2 aliphatic rings. The second-order valence-electron chi connectivity index (χ2n) is 7.28. The molecule has 1 heterocycles. The van der Waals surface area contributed by atoms with Crippen LogP contribution in [0.25, 0.3) is 10.9 Å². The summed E-state index contributed by atoms with van der Waals surface area (Å²) < 4.78 is 0. The number of hydrogen-bond donors (Lipinski definition) is 2. The maximum atomic E-state index is 12.2. The Kier molecular flexibility index (Phi) is 4.23. The average Bonchev–Trinajstić information content (AvgIpc) is 3.33. The van der Waals surface area contributed by atoms with Crippen LogP contribution in [0.5, 0.6) is 0 Å². The molecule has 1 aromatic carbocycles. The molecule has 0 aliphatic heterocycles. The number of rotatable bonds is 3. The number of nitrogens with two attached hydrogens (primary N) is 1. The number of pyridine rings is 1. The van der Waals surface area contributed by atoms with Crippen LogP contribution in [-0.4, -0.2) is 10.9 Å². The molecule has 0 saturated heterocycles. The first-order valence-corrected chi connectivity index (χ1v) is 9.22.